The first kappa shape index (κ1) is 21.6. The number of aryl methyl sites for hydroxylation is 1. The number of amides is 1. The Kier molecular flexibility index (Phi) is 6.27. The van der Waals surface area contributed by atoms with Crippen molar-refractivity contribution < 1.29 is 22.7 Å². The zero-order valence-corrected chi connectivity index (χ0v) is 16.6. The van der Waals surface area contributed by atoms with Gasteiger partial charge < -0.3 is 9.64 Å². The number of hydrogen-bond donors (Lipinski definition) is 0. The highest BCUT2D eigenvalue weighted by Crippen LogP contribution is 2.29. The topological polar surface area (TPSA) is 69.5 Å². The Balaban J connectivity index is 1.67. The van der Waals surface area contributed by atoms with Gasteiger partial charge in [-0.05, 0) is 36.8 Å². The molecule has 9 heteroatoms. The molecule has 1 aliphatic heterocycles. The van der Waals surface area contributed by atoms with E-state index in [2.05, 4.69) is 11.1 Å². The van der Waals surface area contributed by atoms with Crippen LogP contribution in [0.4, 0.5) is 13.2 Å². The zero-order chi connectivity index (χ0) is 21.9. The standard InChI is InChI=1S/C21H21F3N4O2/c1-14-17(7-8-19(26-14)21(22,23)24)20(29)28-11-9-27(10-12-28)18(13-25)15-3-5-16(30-2)6-4-15/h3-8,18H,9-12H2,1-2H3. The quantitative estimate of drug-likeness (QED) is 0.761. The highest BCUT2D eigenvalue weighted by molar-refractivity contribution is 5.95. The van der Waals surface area contributed by atoms with E-state index in [9.17, 15) is 23.2 Å². The summed E-state index contributed by atoms with van der Waals surface area (Å²) in [5, 5.41) is 9.64. The molecule has 3 rings (SSSR count). The summed E-state index contributed by atoms with van der Waals surface area (Å²) < 4.78 is 43.5. The lowest BCUT2D eigenvalue weighted by molar-refractivity contribution is -0.141. The van der Waals surface area contributed by atoms with Gasteiger partial charge in [0, 0.05) is 26.2 Å². The van der Waals surface area contributed by atoms with Gasteiger partial charge in [0.15, 0.2) is 0 Å². The molecule has 0 spiro atoms. The van der Waals surface area contributed by atoms with Crippen LogP contribution in [0.1, 0.15) is 33.4 Å². The van der Waals surface area contributed by atoms with Crippen molar-refractivity contribution >= 4 is 5.91 Å². The molecule has 0 saturated carbocycles. The number of ether oxygens (including phenoxy) is 1. The second-order valence-electron chi connectivity index (χ2n) is 6.96. The van der Waals surface area contributed by atoms with Crippen LogP contribution in [0.5, 0.6) is 5.75 Å². The molecule has 1 fully saturated rings. The average Bonchev–Trinajstić information content (AvgIpc) is 2.74. The fourth-order valence-corrected chi connectivity index (χ4v) is 3.45. The number of nitriles is 1. The summed E-state index contributed by atoms with van der Waals surface area (Å²) in [6.45, 7) is 3.08. The normalized spacial score (nSPS) is 16.1. The summed E-state index contributed by atoms with van der Waals surface area (Å²) in [5.41, 5.74) is 0.0207. The molecule has 1 aromatic carbocycles. The van der Waals surface area contributed by atoms with Crippen molar-refractivity contribution in [3.05, 3.63) is 58.9 Å². The average molecular weight is 418 g/mol. The largest absolute Gasteiger partial charge is 0.497 e. The number of methoxy groups -OCH3 is 1. The van der Waals surface area contributed by atoms with E-state index in [-0.39, 0.29) is 17.2 Å². The fraction of sp³-hybridized carbons (Fsp3) is 0.381. The molecule has 1 atom stereocenters. The number of nitrogens with zero attached hydrogens (tertiary/aromatic N) is 4. The maximum atomic E-state index is 12.8. The second-order valence-corrected chi connectivity index (χ2v) is 6.96. The third-order valence-corrected chi connectivity index (χ3v) is 5.13. The molecule has 2 heterocycles. The van der Waals surface area contributed by atoms with Crippen LogP contribution in [0.15, 0.2) is 36.4 Å². The first-order valence-electron chi connectivity index (χ1n) is 9.36. The number of alkyl halides is 3. The molecule has 0 N–H and O–H groups in total. The number of rotatable bonds is 4. The number of carbonyl (C=O) groups is 1. The van der Waals surface area contributed by atoms with Crippen molar-refractivity contribution in [1.82, 2.24) is 14.8 Å². The van der Waals surface area contributed by atoms with Gasteiger partial charge in [-0.2, -0.15) is 18.4 Å². The molecule has 0 bridgehead atoms. The van der Waals surface area contributed by atoms with E-state index in [4.69, 9.17) is 4.74 Å². The highest BCUT2D eigenvalue weighted by Gasteiger charge is 2.34. The van der Waals surface area contributed by atoms with E-state index in [1.807, 2.05) is 17.0 Å². The van der Waals surface area contributed by atoms with Gasteiger partial charge >= 0.3 is 6.18 Å². The molecule has 1 amide bonds. The predicted molar refractivity (Wildman–Crippen MR) is 103 cm³/mol. The summed E-state index contributed by atoms with van der Waals surface area (Å²) in [6.07, 6.45) is -4.55. The number of pyridine rings is 1. The summed E-state index contributed by atoms with van der Waals surface area (Å²) in [4.78, 5) is 19.9. The molecule has 1 unspecified atom stereocenters. The van der Waals surface area contributed by atoms with Crippen molar-refractivity contribution in [2.75, 3.05) is 33.3 Å². The monoisotopic (exact) mass is 418 g/mol. The van der Waals surface area contributed by atoms with E-state index in [0.29, 0.717) is 31.9 Å². The van der Waals surface area contributed by atoms with E-state index in [0.717, 1.165) is 11.6 Å². The van der Waals surface area contributed by atoms with Crippen LogP contribution in [0.25, 0.3) is 0 Å². The minimum absolute atomic E-state index is 0.0467. The van der Waals surface area contributed by atoms with Crippen LogP contribution in [-0.2, 0) is 6.18 Å². The number of hydrogen-bond acceptors (Lipinski definition) is 5. The predicted octanol–water partition coefficient (Wildman–Crippen LogP) is 3.44. The number of aromatic nitrogens is 1. The Morgan fingerprint density at radius 1 is 1.13 bits per heavy atom. The third-order valence-electron chi connectivity index (χ3n) is 5.13. The molecule has 0 radical (unpaired) electrons. The van der Waals surface area contributed by atoms with Crippen LogP contribution >= 0.6 is 0 Å². The molecule has 30 heavy (non-hydrogen) atoms. The maximum Gasteiger partial charge on any atom is 0.433 e. The smallest absolute Gasteiger partial charge is 0.433 e. The van der Waals surface area contributed by atoms with Crippen molar-refractivity contribution in [2.45, 2.75) is 19.1 Å². The first-order chi connectivity index (χ1) is 14.2. The number of piperazine rings is 1. The SMILES string of the molecule is COc1ccc(C(C#N)N2CCN(C(=O)c3ccc(C(F)(F)F)nc3C)CC2)cc1. The summed E-state index contributed by atoms with van der Waals surface area (Å²) in [6, 6.07) is 11.1. The maximum absolute atomic E-state index is 12.8. The van der Waals surface area contributed by atoms with Crippen molar-refractivity contribution in [1.29, 1.82) is 5.26 Å². The molecule has 0 aliphatic carbocycles. The summed E-state index contributed by atoms with van der Waals surface area (Å²) >= 11 is 0. The summed E-state index contributed by atoms with van der Waals surface area (Å²) in [5.74, 6) is 0.345. The van der Waals surface area contributed by atoms with Gasteiger partial charge in [0.05, 0.1) is 24.4 Å². The number of carbonyl (C=O) groups excluding carboxylic acids is 1. The van der Waals surface area contributed by atoms with Crippen LogP contribution < -0.4 is 4.74 Å². The molecule has 1 aliphatic rings. The fourth-order valence-electron chi connectivity index (χ4n) is 3.45. The van der Waals surface area contributed by atoms with E-state index in [1.165, 1.54) is 13.0 Å². The Hall–Kier alpha value is -3.12. The van der Waals surface area contributed by atoms with E-state index < -0.39 is 17.9 Å². The van der Waals surface area contributed by atoms with Gasteiger partial charge in [-0.25, -0.2) is 4.98 Å². The van der Waals surface area contributed by atoms with Gasteiger partial charge in [0.2, 0.25) is 0 Å². The molecule has 158 valence electrons. The lowest BCUT2D eigenvalue weighted by Crippen LogP contribution is -2.49. The van der Waals surface area contributed by atoms with Crippen LogP contribution in [0, 0.1) is 18.3 Å². The Morgan fingerprint density at radius 3 is 2.27 bits per heavy atom. The Bertz CT molecular complexity index is 946. The van der Waals surface area contributed by atoms with Gasteiger partial charge in [-0.15, -0.1) is 0 Å². The molecule has 2 aromatic rings. The van der Waals surface area contributed by atoms with Gasteiger partial charge in [-0.1, -0.05) is 12.1 Å². The minimum atomic E-state index is -4.55. The van der Waals surface area contributed by atoms with Crippen LogP contribution in [-0.4, -0.2) is 54.0 Å². The second kappa shape index (κ2) is 8.71. The Labute approximate surface area is 172 Å². The molecular weight excluding hydrogens is 397 g/mol. The number of halogens is 3. The van der Waals surface area contributed by atoms with Crippen LogP contribution in [0.2, 0.25) is 0 Å². The van der Waals surface area contributed by atoms with Crippen molar-refractivity contribution in [3.8, 4) is 11.8 Å². The number of benzene rings is 1. The molecular formula is C21H21F3N4O2. The first-order valence-corrected chi connectivity index (χ1v) is 9.36. The summed E-state index contributed by atoms with van der Waals surface area (Å²) in [7, 11) is 1.57. The van der Waals surface area contributed by atoms with E-state index in [1.54, 1.807) is 24.1 Å². The van der Waals surface area contributed by atoms with Gasteiger partial charge in [-0.3, -0.25) is 9.69 Å². The van der Waals surface area contributed by atoms with Crippen molar-refractivity contribution in [3.63, 3.8) is 0 Å². The lowest BCUT2D eigenvalue weighted by Gasteiger charge is -2.37. The Morgan fingerprint density at radius 2 is 1.77 bits per heavy atom. The molecule has 1 aromatic heterocycles. The minimum Gasteiger partial charge on any atom is -0.497 e. The third kappa shape index (κ3) is 4.54. The molecule has 1 saturated heterocycles. The zero-order valence-electron chi connectivity index (χ0n) is 16.6. The van der Waals surface area contributed by atoms with Crippen molar-refractivity contribution in [2.24, 2.45) is 0 Å². The highest BCUT2D eigenvalue weighted by atomic mass is 19.4. The van der Waals surface area contributed by atoms with E-state index >= 15 is 0 Å². The molecule has 6 nitrogen and oxygen atoms in total. The van der Waals surface area contributed by atoms with Gasteiger partial charge in [0.25, 0.3) is 5.91 Å². The van der Waals surface area contributed by atoms with Gasteiger partial charge in [0.1, 0.15) is 17.5 Å². The van der Waals surface area contributed by atoms with Crippen LogP contribution in [0.3, 0.4) is 0 Å². The lowest BCUT2D eigenvalue weighted by atomic mass is 10.0.